The summed E-state index contributed by atoms with van der Waals surface area (Å²) >= 11 is 0. The highest BCUT2D eigenvalue weighted by molar-refractivity contribution is 5.92. The van der Waals surface area contributed by atoms with Crippen molar-refractivity contribution in [2.45, 2.75) is 20.3 Å². The molecule has 0 spiro atoms. The number of hydrogen-bond acceptors (Lipinski definition) is 6. The third-order valence-corrected chi connectivity index (χ3v) is 4.26. The highest BCUT2D eigenvalue weighted by Crippen LogP contribution is 2.28. The number of para-hydroxylation sites is 1. The second kappa shape index (κ2) is 7.45. The van der Waals surface area contributed by atoms with Crippen LogP contribution in [0.2, 0.25) is 0 Å². The highest BCUT2D eigenvalue weighted by atomic mass is 15.3. The van der Waals surface area contributed by atoms with E-state index in [1.807, 2.05) is 42.5 Å². The molecule has 4 rings (SSSR count). The van der Waals surface area contributed by atoms with Gasteiger partial charge in [-0.3, -0.25) is 5.10 Å². The van der Waals surface area contributed by atoms with Gasteiger partial charge in [-0.25, -0.2) is 9.97 Å². The second-order valence-corrected chi connectivity index (χ2v) is 6.90. The zero-order valence-electron chi connectivity index (χ0n) is 15.6. The average molecular weight is 369 g/mol. The summed E-state index contributed by atoms with van der Waals surface area (Å²) in [5, 5.41) is 20.7. The third-order valence-electron chi connectivity index (χ3n) is 4.26. The van der Waals surface area contributed by atoms with Gasteiger partial charge in [-0.1, -0.05) is 38.1 Å². The van der Waals surface area contributed by atoms with Gasteiger partial charge in [-0.2, -0.15) is 10.2 Å². The Morgan fingerprint density at radius 2 is 1.82 bits per heavy atom. The van der Waals surface area contributed by atoms with E-state index in [2.05, 4.69) is 50.4 Å². The quantitative estimate of drug-likeness (QED) is 0.546. The van der Waals surface area contributed by atoms with Gasteiger partial charge in [0.25, 0.3) is 0 Å². The van der Waals surface area contributed by atoms with Gasteiger partial charge in [0.1, 0.15) is 11.6 Å². The van der Waals surface area contributed by atoms with Gasteiger partial charge in [0.05, 0.1) is 17.1 Å². The Bertz CT molecular complexity index is 1170. The summed E-state index contributed by atoms with van der Waals surface area (Å²) in [5.41, 5.74) is 2.00. The minimum Gasteiger partial charge on any atom is -0.307 e. The molecule has 0 unspecified atom stereocenters. The third kappa shape index (κ3) is 3.53. The van der Waals surface area contributed by atoms with E-state index < -0.39 is 0 Å². The van der Waals surface area contributed by atoms with Crippen molar-refractivity contribution >= 4 is 22.7 Å². The molecule has 0 atom stereocenters. The number of nitriles is 1. The summed E-state index contributed by atoms with van der Waals surface area (Å²) in [6, 6.07) is 17.2. The molecule has 2 aromatic heterocycles. The van der Waals surface area contributed by atoms with Crippen LogP contribution in [-0.2, 0) is 6.42 Å². The molecule has 0 radical (unpaired) electrons. The largest absolute Gasteiger partial charge is 0.307 e. The van der Waals surface area contributed by atoms with E-state index in [4.69, 9.17) is 0 Å². The molecule has 0 fully saturated rings. The van der Waals surface area contributed by atoms with Gasteiger partial charge < -0.3 is 5.32 Å². The van der Waals surface area contributed by atoms with Crippen LogP contribution in [0, 0.1) is 17.2 Å². The molecule has 7 heteroatoms. The molecule has 0 saturated heterocycles. The van der Waals surface area contributed by atoms with Crippen LogP contribution in [0.5, 0.6) is 0 Å². The predicted molar refractivity (Wildman–Crippen MR) is 108 cm³/mol. The molecular weight excluding hydrogens is 350 g/mol. The van der Waals surface area contributed by atoms with E-state index in [-0.39, 0.29) is 0 Å². The molecule has 138 valence electrons. The minimum absolute atomic E-state index is 0.457. The lowest BCUT2D eigenvalue weighted by Gasteiger charge is -2.09. The Labute approximate surface area is 162 Å². The second-order valence-electron chi connectivity index (χ2n) is 6.90. The number of rotatable bonds is 5. The van der Waals surface area contributed by atoms with Gasteiger partial charge in [-0.05, 0) is 30.2 Å². The Kier molecular flexibility index (Phi) is 4.68. The maximum absolute atomic E-state index is 9.43. The summed E-state index contributed by atoms with van der Waals surface area (Å²) in [4.78, 5) is 13.8. The lowest BCUT2D eigenvalue weighted by molar-refractivity contribution is 0.623. The van der Waals surface area contributed by atoms with E-state index in [1.54, 1.807) is 6.07 Å². The Hall–Kier alpha value is -3.79. The van der Waals surface area contributed by atoms with Gasteiger partial charge in [0.15, 0.2) is 5.82 Å². The van der Waals surface area contributed by atoms with Crippen LogP contribution in [0.15, 0.2) is 48.5 Å². The molecular formula is C21H19N7. The predicted octanol–water partition coefficient (Wildman–Crippen LogP) is 4.23. The smallest absolute Gasteiger partial charge is 0.247 e. The normalized spacial score (nSPS) is 10.9. The lowest BCUT2D eigenvalue weighted by atomic mass is 10.1. The number of nitrogens with one attached hydrogen (secondary N) is 2. The van der Waals surface area contributed by atoms with Crippen molar-refractivity contribution in [3.05, 3.63) is 59.9 Å². The fraction of sp³-hybridized carbons (Fsp3) is 0.190. The van der Waals surface area contributed by atoms with Crippen LogP contribution in [0.1, 0.15) is 25.2 Å². The molecule has 0 amide bonds. The fourth-order valence-electron chi connectivity index (χ4n) is 3.00. The molecule has 2 heterocycles. The maximum atomic E-state index is 9.43. The zero-order valence-corrected chi connectivity index (χ0v) is 15.6. The van der Waals surface area contributed by atoms with E-state index in [0.717, 1.165) is 23.1 Å². The van der Waals surface area contributed by atoms with Gasteiger partial charge in [-0.15, -0.1) is 5.10 Å². The summed E-state index contributed by atoms with van der Waals surface area (Å²) in [5.74, 6) is 2.85. The van der Waals surface area contributed by atoms with Crippen LogP contribution in [0.3, 0.4) is 0 Å². The Morgan fingerprint density at radius 3 is 2.64 bits per heavy atom. The number of H-pyrrole nitrogens is 1. The van der Waals surface area contributed by atoms with Gasteiger partial charge >= 0.3 is 0 Å². The minimum atomic E-state index is 0.457. The molecule has 0 bridgehead atoms. The number of fused-ring (bicyclic) bond motifs is 1. The average Bonchev–Trinajstić information content (AvgIpc) is 3.14. The Balaban J connectivity index is 1.79. The summed E-state index contributed by atoms with van der Waals surface area (Å²) in [6.45, 7) is 4.26. The van der Waals surface area contributed by atoms with Crippen LogP contribution in [0.25, 0.3) is 22.3 Å². The summed E-state index contributed by atoms with van der Waals surface area (Å²) in [7, 11) is 0. The maximum Gasteiger partial charge on any atom is 0.247 e. The summed E-state index contributed by atoms with van der Waals surface area (Å²) in [6.07, 6.45) is 0.819. The molecule has 0 saturated carbocycles. The molecule has 2 aromatic carbocycles. The first kappa shape index (κ1) is 17.6. The standard InChI is InChI=1S/C21H19N7/c1-13(2)11-18-24-21(28-27-18)26-20-16-9-5-6-10-17(16)23-19(25-20)15-8-4-3-7-14(15)12-22/h3-10,13H,11H2,1-2H3,(H2,23,24,25,26,27,28). The number of nitrogens with zero attached hydrogens (tertiary/aromatic N) is 5. The molecule has 28 heavy (non-hydrogen) atoms. The topological polar surface area (TPSA) is 103 Å². The van der Waals surface area contributed by atoms with E-state index in [0.29, 0.717) is 34.6 Å². The number of anilines is 2. The van der Waals surface area contributed by atoms with Crippen LogP contribution >= 0.6 is 0 Å². The monoisotopic (exact) mass is 369 g/mol. The number of benzene rings is 2. The number of hydrogen-bond donors (Lipinski definition) is 2. The van der Waals surface area contributed by atoms with Crippen molar-refractivity contribution in [2.75, 3.05) is 5.32 Å². The van der Waals surface area contributed by atoms with Crippen molar-refractivity contribution < 1.29 is 0 Å². The van der Waals surface area contributed by atoms with Gasteiger partial charge in [0.2, 0.25) is 5.95 Å². The van der Waals surface area contributed by atoms with Crippen LogP contribution < -0.4 is 5.32 Å². The first-order valence-corrected chi connectivity index (χ1v) is 9.08. The lowest BCUT2D eigenvalue weighted by Crippen LogP contribution is -2.01. The molecule has 4 aromatic rings. The van der Waals surface area contributed by atoms with E-state index in [9.17, 15) is 5.26 Å². The first-order chi connectivity index (χ1) is 13.6. The summed E-state index contributed by atoms with van der Waals surface area (Å²) < 4.78 is 0. The fourth-order valence-corrected chi connectivity index (χ4v) is 3.00. The van der Waals surface area contributed by atoms with Crippen molar-refractivity contribution in [3.8, 4) is 17.5 Å². The van der Waals surface area contributed by atoms with Gasteiger partial charge in [0, 0.05) is 17.4 Å². The van der Waals surface area contributed by atoms with E-state index >= 15 is 0 Å². The molecule has 7 nitrogen and oxygen atoms in total. The zero-order chi connectivity index (χ0) is 19.5. The van der Waals surface area contributed by atoms with Crippen molar-refractivity contribution in [2.24, 2.45) is 5.92 Å². The first-order valence-electron chi connectivity index (χ1n) is 9.08. The number of aromatic nitrogens is 5. The van der Waals surface area contributed by atoms with Crippen molar-refractivity contribution in [3.63, 3.8) is 0 Å². The number of aromatic amines is 1. The van der Waals surface area contributed by atoms with Crippen molar-refractivity contribution in [1.82, 2.24) is 25.1 Å². The highest BCUT2D eigenvalue weighted by Gasteiger charge is 2.14. The van der Waals surface area contributed by atoms with Crippen LogP contribution in [-0.4, -0.2) is 25.1 Å². The molecule has 2 N–H and O–H groups in total. The Morgan fingerprint density at radius 1 is 1.04 bits per heavy atom. The molecule has 0 aliphatic rings. The molecule has 0 aliphatic carbocycles. The molecule has 0 aliphatic heterocycles. The van der Waals surface area contributed by atoms with E-state index in [1.165, 1.54) is 0 Å². The van der Waals surface area contributed by atoms with Crippen LogP contribution in [0.4, 0.5) is 11.8 Å². The van der Waals surface area contributed by atoms with Crippen molar-refractivity contribution in [1.29, 1.82) is 5.26 Å². The SMILES string of the molecule is CC(C)Cc1nc(Nc2nc(-c3ccccc3C#N)nc3ccccc23)n[nH]1.